The summed E-state index contributed by atoms with van der Waals surface area (Å²) in [6.45, 7) is 5.51. The first kappa shape index (κ1) is 20.7. The predicted octanol–water partition coefficient (Wildman–Crippen LogP) is 2.84. The summed E-state index contributed by atoms with van der Waals surface area (Å²) in [6, 6.07) is 13.7. The number of benzene rings is 2. The smallest absolute Gasteiger partial charge is 0.267 e. The van der Waals surface area contributed by atoms with E-state index in [1.54, 1.807) is 54.9 Å². The highest BCUT2D eigenvalue weighted by molar-refractivity contribution is 5.99. The summed E-state index contributed by atoms with van der Waals surface area (Å²) >= 11 is 0. The molecule has 1 heterocycles. The van der Waals surface area contributed by atoms with E-state index in [1.807, 2.05) is 19.1 Å². The fraction of sp³-hybridized carbons (Fsp3) is 0.190. The van der Waals surface area contributed by atoms with Gasteiger partial charge in [0.25, 0.3) is 11.8 Å². The maximum absolute atomic E-state index is 12.3. The first-order valence-corrected chi connectivity index (χ1v) is 9.21. The lowest BCUT2D eigenvalue weighted by Crippen LogP contribution is -2.41. The van der Waals surface area contributed by atoms with E-state index in [0.29, 0.717) is 29.1 Å². The van der Waals surface area contributed by atoms with E-state index in [2.05, 4.69) is 16.0 Å². The molecule has 30 heavy (non-hydrogen) atoms. The summed E-state index contributed by atoms with van der Waals surface area (Å²) in [7, 11) is 0. The molecule has 0 unspecified atom stereocenters. The summed E-state index contributed by atoms with van der Waals surface area (Å²) in [5.41, 5.74) is 8.27. The zero-order chi connectivity index (χ0) is 21.8. The summed E-state index contributed by atoms with van der Waals surface area (Å²) in [4.78, 5) is 35.0. The molecule has 9 nitrogen and oxygen atoms in total. The maximum Gasteiger partial charge on any atom is 0.312 e. The highest BCUT2D eigenvalue weighted by atomic mass is 16.6. The first-order valence-electron chi connectivity index (χ1n) is 9.21. The lowest BCUT2D eigenvalue weighted by atomic mass is 10.1. The van der Waals surface area contributed by atoms with Crippen LogP contribution in [0.3, 0.4) is 0 Å². The highest BCUT2D eigenvalue weighted by Crippen LogP contribution is 2.22. The van der Waals surface area contributed by atoms with Gasteiger partial charge in [-0.2, -0.15) is 5.10 Å². The molecule has 9 heteroatoms. The molecule has 2 amide bonds. The van der Waals surface area contributed by atoms with Gasteiger partial charge in [0.15, 0.2) is 0 Å². The molecule has 2 N–H and O–H groups in total. The van der Waals surface area contributed by atoms with Gasteiger partial charge in [-0.25, -0.2) is 0 Å². The molecule has 0 saturated carbocycles. The fourth-order valence-electron chi connectivity index (χ4n) is 3.00. The van der Waals surface area contributed by atoms with Crippen molar-refractivity contribution in [1.82, 2.24) is 20.6 Å². The zero-order valence-corrected chi connectivity index (χ0v) is 16.8. The van der Waals surface area contributed by atoms with Gasteiger partial charge in [0, 0.05) is 11.1 Å². The van der Waals surface area contributed by atoms with Gasteiger partial charge >= 0.3 is 5.69 Å². The number of hydrogen-bond donors (Lipinski definition) is 2. The normalized spacial score (nSPS) is 10.5. The minimum Gasteiger partial charge on any atom is -0.267 e. The Labute approximate surface area is 172 Å². The van der Waals surface area contributed by atoms with E-state index >= 15 is 0 Å². The van der Waals surface area contributed by atoms with E-state index in [1.165, 1.54) is 0 Å². The molecule has 0 saturated heterocycles. The third kappa shape index (κ3) is 4.52. The van der Waals surface area contributed by atoms with Crippen LogP contribution in [0, 0.1) is 30.9 Å². The van der Waals surface area contributed by atoms with Crippen LogP contribution in [0.1, 0.15) is 43.2 Å². The molecule has 0 aliphatic rings. The van der Waals surface area contributed by atoms with Crippen molar-refractivity contribution in [2.45, 2.75) is 27.3 Å². The third-order valence-electron chi connectivity index (χ3n) is 4.68. The van der Waals surface area contributed by atoms with Crippen LogP contribution in [0.25, 0.3) is 0 Å². The average molecular weight is 407 g/mol. The highest BCUT2D eigenvalue weighted by Gasteiger charge is 2.21. The van der Waals surface area contributed by atoms with Crippen LogP contribution < -0.4 is 10.9 Å². The molecule has 1 aromatic heterocycles. The van der Waals surface area contributed by atoms with Crippen molar-refractivity contribution in [3.05, 3.63) is 92.3 Å². The van der Waals surface area contributed by atoms with E-state index in [4.69, 9.17) is 0 Å². The molecule has 0 bridgehead atoms. The van der Waals surface area contributed by atoms with Gasteiger partial charge in [-0.1, -0.05) is 29.8 Å². The second-order valence-electron chi connectivity index (χ2n) is 6.91. The Hall–Kier alpha value is -4.01. The number of carbonyl (C=O) groups is 2. The summed E-state index contributed by atoms with van der Waals surface area (Å²) in [6.07, 6.45) is 0. The van der Waals surface area contributed by atoms with Crippen LogP contribution >= 0.6 is 0 Å². The molecular formula is C21H21N5O4. The summed E-state index contributed by atoms with van der Waals surface area (Å²) < 4.78 is 1.56. The van der Waals surface area contributed by atoms with Crippen molar-refractivity contribution in [2.24, 2.45) is 0 Å². The van der Waals surface area contributed by atoms with Crippen LogP contribution in [0.15, 0.2) is 48.5 Å². The number of carbonyl (C=O) groups excluding carboxylic acids is 2. The number of aryl methyl sites for hydroxylation is 2. The second kappa shape index (κ2) is 8.56. The van der Waals surface area contributed by atoms with Gasteiger partial charge in [-0.3, -0.25) is 35.2 Å². The van der Waals surface area contributed by atoms with Gasteiger partial charge in [0.2, 0.25) is 0 Å². The van der Waals surface area contributed by atoms with E-state index in [0.717, 1.165) is 11.1 Å². The molecule has 3 rings (SSSR count). The van der Waals surface area contributed by atoms with E-state index < -0.39 is 16.7 Å². The summed E-state index contributed by atoms with van der Waals surface area (Å²) in [5.74, 6) is -0.866. The Kier molecular flexibility index (Phi) is 5.91. The minimum atomic E-state index is -0.455. The van der Waals surface area contributed by atoms with E-state index in [-0.39, 0.29) is 5.69 Å². The number of nitrogens with one attached hydrogen (secondary N) is 2. The molecule has 0 aliphatic carbocycles. The fourth-order valence-corrected chi connectivity index (χ4v) is 3.00. The largest absolute Gasteiger partial charge is 0.312 e. The predicted molar refractivity (Wildman–Crippen MR) is 110 cm³/mol. The summed E-state index contributed by atoms with van der Waals surface area (Å²) in [5, 5.41) is 15.3. The number of nitro groups is 1. The lowest BCUT2D eigenvalue weighted by Gasteiger charge is -2.09. The minimum absolute atomic E-state index is 0.00955. The Morgan fingerprint density at radius 1 is 0.933 bits per heavy atom. The number of rotatable bonds is 5. The monoisotopic (exact) mass is 407 g/mol. The van der Waals surface area contributed by atoms with Crippen molar-refractivity contribution in [3.63, 3.8) is 0 Å². The van der Waals surface area contributed by atoms with Crippen LogP contribution in [-0.4, -0.2) is 26.5 Å². The Morgan fingerprint density at radius 2 is 1.43 bits per heavy atom. The molecule has 0 aliphatic heterocycles. The Morgan fingerprint density at radius 3 is 1.90 bits per heavy atom. The lowest BCUT2D eigenvalue weighted by molar-refractivity contribution is -0.386. The molecule has 2 aromatic carbocycles. The van der Waals surface area contributed by atoms with Gasteiger partial charge in [-0.05, 0) is 50.6 Å². The number of hydrogen-bond acceptors (Lipinski definition) is 5. The topological polar surface area (TPSA) is 119 Å². The van der Waals surface area contributed by atoms with Gasteiger partial charge < -0.3 is 0 Å². The SMILES string of the molecule is Cc1ccc(C(=O)NNC(=O)c2ccc(Cn3nc(C)c([N+](=O)[O-])c3C)cc2)cc1. The van der Waals surface area contributed by atoms with Crippen LogP contribution in [-0.2, 0) is 6.54 Å². The van der Waals surface area contributed by atoms with Gasteiger partial charge in [0.05, 0.1) is 11.5 Å². The average Bonchev–Trinajstić information content (AvgIpc) is 3.00. The maximum atomic E-state index is 12.3. The molecular weight excluding hydrogens is 386 g/mol. The van der Waals surface area contributed by atoms with Crippen molar-refractivity contribution in [1.29, 1.82) is 0 Å². The molecule has 154 valence electrons. The second-order valence-corrected chi connectivity index (χ2v) is 6.91. The van der Waals surface area contributed by atoms with Gasteiger partial charge in [0.1, 0.15) is 11.4 Å². The quantitative estimate of drug-likeness (QED) is 0.498. The third-order valence-corrected chi connectivity index (χ3v) is 4.68. The van der Waals surface area contributed by atoms with Crippen LogP contribution in [0.2, 0.25) is 0 Å². The van der Waals surface area contributed by atoms with Gasteiger partial charge in [-0.15, -0.1) is 0 Å². The zero-order valence-electron chi connectivity index (χ0n) is 16.8. The van der Waals surface area contributed by atoms with Crippen molar-refractivity contribution in [2.75, 3.05) is 0 Å². The molecule has 0 fully saturated rings. The van der Waals surface area contributed by atoms with E-state index in [9.17, 15) is 19.7 Å². The Balaban J connectivity index is 1.62. The van der Waals surface area contributed by atoms with Crippen molar-refractivity contribution in [3.8, 4) is 0 Å². The number of nitrogens with zero attached hydrogens (tertiary/aromatic N) is 3. The first-order chi connectivity index (χ1) is 14.3. The molecule has 3 aromatic rings. The molecule has 0 radical (unpaired) electrons. The van der Waals surface area contributed by atoms with Crippen molar-refractivity contribution >= 4 is 17.5 Å². The Bertz CT molecular complexity index is 1100. The molecule has 0 atom stereocenters. The molecule has 0 spiro atoms. The number of amides is 2. The van der Waals surface area contributed by atoms with Crippen LogP contribution in [0.4, 0.5) is 5.69 Å². The van der Waals surface area contributed by atoms with Crippen molar-refractivity contribution < 1.29 is 14.5 Å². The number of hydrazine groups is 1. The standard InChI is InChI=1S/C21H21N5O4/c1-13-4-8-17(9-5-13)20(27)22-23-21(28)18-10-6-16(7-11-18)12-25-15(3)19(26(29)30)14(2)24-25/h4-11H,12H2,1-3H3,(H,22,27)(H,23,28). The number of aromatic nitrogens is 2. The van der Waals surface area contributed by atoms with Crippen LogP contribution in [0.5, 0.6) is 0 Å².